The third-order valence-electron chi connectivity index (χ3n) is 2.84. The second-order valence-corrected chi connectivity index (χ2v) is 5.13. The molecule has 0 aliphatic heterocycles. The van der Waals surface area contributed by atoms with E-state index in [0.29, 0.717) is 9.88 Å². The number of rotatable bonds is 4. The number of methoxy groups -OCH3 is 1. The van der Waals surface area contributed by atoms with E-state index in [-0.39, 0.29) is 11.5 Å². The molecule has 2 rings (SSSR count). The van der Waals surface area contributed by atoms with Gasteiger partial charge < -0.3 is 4.74 Å². The average molecular weight is 290 g/mol. The average Bonchev–Trinajstić information content (AvgIpc) is 2.91. The third kappa shape index (κ3) is 2.60. The number of carbonyl (C=O) groups excluding carboxylic acids is 2. The summed E-state index contributed by atoms with van der Waals surface area (Å²) in [6, 6.07) is 1.84. The highest BCUT2D eigenvalue weighted by Gasteiger charge is 2.23. The van der Waals surface area contributed by atoms with Crippen molar-refractivity contribution in [1.82, 2.24) is 9.97 Å². The van der Waals surface area contributed by atoms with Crippen LogP contribution in [0.5, 0.6) is 0 Å². The second kappa shape index (κ2) is 5.92. The fourth-order valence-corrected chi connectivity index (χ4v) is 2.84. The zero-order valence-corrected chi connectivity index (χ0v) is 12.3. The van der Waals surface area contributed by atoms with E-state index in [1.54, 1.807) is 12.4 Å². The highest BCUT2D eigenvalue weighted by atomic mass is 32.1. The molecule has 0 aromatic carbocycles. The molecule has 0 aliphatic carbocycles. The summed E-state index contributed by atoms with van der Waals surface area (Å²) in [7, 11) is 1.27. The van der Waals surface area contributed by atoms with Gasteiger partial charge in [0.25, 0.3) is 0 Å². The van der Waals surface area contributed by atoms with Gasteiger partial charge in [0.1, 0.15) is 9.88 Å². The third-order valence-corrected chi connectivity index (χ3v) is 4.03. The molecule has 0 saturated carbocycles. The van der Waals surface area contributed by atoms with Gasteiger partial charge in [0.05, 0.1) is 7.11 Å². The minimum Gasteiger partial charge on any atom is -0.464 e. The van der Waals surface area contributed by atoms with Crippen molar-refractivity contribution >= 4 is 23.1 Å². The van der Waals surface area contributed by atoms with Gasteiger partial charge in [-0.25, -0.2) is 9.78 Å². The van der Waals surface area contributed by atoms with Gasteiger partial charge in [0.2, 0.25) is 0 Å². The minimum absolute atomic E-state index is 0.0823. The van der Waals surface area contributed by atoms with Crippen molar-refractivity contribution < 1.29 is 14.3 Å². The van der Waals surface area contributed by atoms with E-state index in [1.165, 1.54) is 25.4 Å². The van der Waals surface area contributed by atoms with Gasteiger partial charge in [0, 0.05) is 24.9 Å². The summed E-state index contributed by atoms with van der Waals surface area (Å²) < 4.78 is 4.67. The van der Waals surface area contributed by atoms with Crippen LogP contribution in [-0.2, 0) is 11.2 Å². The first-order valence-corrected chi connectivity index (χ1v) is 6.93. The highest BCUT2D eigenvalue weighted by molar-refractivity contribution is 7.17. The van der Waals surface area contributed by atoms with Crippen LogP contribution in [0.2, 0.25) is 0 Å². The van der Waals surface area contributed by atoms with E-state index in [0.717, 1.165) is 17.5 Å². The largest absolute Gasteiger partial charge is 0.464 e. The Labute approximate surface area is 120 Å². The number of carbonyl (C=O) groups is 2. The number of aromatic nitrogens is 2. The van der Waals surface area contributed by atoms with Crippen LogP contribution in [0.4, 0.5) is 0 Å². The van der Waals surface area contributed by atoms with Gasteiger partial charge in [-0.05, 0) is 18.1 Å². The lowest BCUT2D eigenvalue weighted by atomic mass is 10.1. The number of Topliss-reactive ketones (excluding diaryl/α,β-unsaturated/α-hetero) is 1. The van der Waals surface area contributed by atoms with E-state index < -0.39 is 5.97 Å². The molecule has 0 saturated heterocycles. The summed E-state index contributed by atoms with van der Waals surface area (Å²) in [4.78, 5) is 32.0. The first-order valence-electron chi connectivity index (χ1n) is 6.11. The second-order valence-electron chi connectivity index (χ2n) is 4.13. The molecule has 0 atom stereocenters. The Balaban J connectivity index is 2.59. The normalized spacial score (nSPS) is 10.3. The van der Waals surface area contributed by atoms with Gasteiger partial charge in [-0.3, -0.25) is 9.78 Å². The van der Waals surface area contributed by atoms with Crippen molar-refractivity contribution in [2.45, 2.75) is 20.3 Å². The number of ketones is 1. The Hall–Kier alpha value is -2.08. The monoisotopic (exact) mass is 290 g/mol. The van der Waals surface area contributed by atoms with E-state index in [4.69, 9.17) is 0 Å². The van der Waals surface area contributed by atoms with Crippen molar-refractivity contribution in [3.8, 4) is 10.6 Å². The molecular weight excluding hydrogens is 276 g/mol. The summed E-state index contributed by atoms with van der Waals surface area (Å²) in [5.74, 6) is -0.786. The Kier molecular flexibility index (Phi) is 4.24. The smallest absolute Gasteiger partial charge is 0.358 e. The number of thiazole rings is 1. The summed E-state index contributed by atoms with van der Waals surface area (Å²) >= 11 is 1.20. The molecule has 0 N–H and O–H groups in total. The van der Waals surface area contributed by atoms with Crippen LogP contribution in [-0.4, -0.2) is 28.8 Å². The van der Waals surface area contributed by atoms with Gasteiger partial charge in [0.15, 0.2) is 11.5 Å². The van der Waals surface area contributed by atoms with E-state index >= 15 is 0 Å². The van der Waals surface area contributed by atoms with Crippen LogP contribution in [0.25, 0.3) is 10.6 Å². The highest BCUT2D eigenvalue weighted by Crippen LogP contribution is 2.31. The number of nitrogens with zero attached hydrogens (tertiary/aromatic N) is 2. The molecule has 2 heterocycles. The molecule has 5 nitrogen and oxygen atoms in total. The number of hydrogen-bond donors (Lipinski definition) is 0. The van der Waals surface area contributed by atoms with E-state index in [2.05, 4.69) is 14.7 Å². The maximum atomic E-state index is 11.7. The standard InChI is InChI=1S/C14H14N2O3S/c1-4-9-7-15-6-5-10(9)13-16-11(14(18)19-3)12(20-13)8(2)17/h5-7H,4H2,1-3H3. The lowest BCUT2D eigenvalue weighted by molar-refractivity contribution is 0.0591. The molecule has 0 spiro atoms. The molecule has 0 unspecified atom stereocenters. The predicted octanol–water partition coefficient (Wildman–Crippen LogP) is 2.76. The quantitative estimate of drug-likeness (QED) is 0.639. The Morgan fingerprint density at radius 3 is 2.75 bits per heavy atom. The maximum absolute atomic E-state index is 11.7. The van der Waals surface area contributed by atoms with Crippen LogP contribution < -0.4 is 0 Å². The summed E-state index contributed by atoms with van der Waals surface area (Å²) in [5.41, 5.74) is 2.00. The van der Waals surface area contributed by atoms with Gasteiger partial charge in [-0.15, -0.1) is 11.3 Å². The minimum atomic E-state index is -0.593. The predicted molar refractivity (Wildman–Crippen MR) is 76.1 cm³/mol. The number of pyridine rings is 1. The molecule has 20 heavy (non-hydrogen) atoms. The summed E-state index contributed by atoms with van der Waals surface area (Å²) in [5, 5.41) is 0.634. The van der Waals surface area contributed by atoms with Crippen molar-refractivity contribution in [2.75, 3.05) is 7.11 Å². The van der Waals surface area contributed by atoms with Crippen LogP contribution >= 0.6 is 11.3 Å². The Bertz CT molecular complexity index is 664. The Morgan fingerprint density at radius 1 is 1.40 bits per heavy atom. The van der Waals surface area contributed by atoms with Crippen molar-refractivity contribution in [3.05, 3.63) is 34.6 Å². The fourth-order valence-electron chi connectivity index (χ4n) is 1.83. The van der Waals surface area contributed by atoms with Crippen LogP contribution in [0.1, 0.15) is 39.6 Å². The number of hydrogen-bond acceptors (Lipinski definition) is 6. The molecule has 0 amide bonds. The SMILES string of the molecule is CCc1cnccc1-c1nc(C(=O)OC)c(C(C)=O)s1. The maximum Gasteiger partial charge on any atom is 0.358 e. The molecule has 104 valence electrons. The molecule has 2 aromatic rings. The van der Waals surface area contributed by atoms with Crippen molar-refractivity contribution in [2.24, 2.45) is 0 Å². The van der Waals surface area contributed by atoms with Crippen molar-refractivity contribution in [1.29, 1.82) is 0 Å². The number of aryl methyl sites for hydroxylation is 1. The topological polar surface area (TPSA) is 69.2 Å². The van der Waals surface area contributed by atoms with Crippen LogP contribution in [0, 0.1) is 0 Å². The van der Waals surface area contributed by atoms with Gasteiger partial charge >= 0.3 is 5.97 Å². The van der Waals surface area contributed by atoms with E-state index in [1.807, 2.05) is 13.0 Å². The van der Waals surface area contributed by atoms with Gasteiger partial charge in [-0.1, -0.05) is 6.92 Å². The molecule has 2 aromatic heterocycles. The molecule has 0 radical (unpaired) electrons. The molecule has 0 aliphatic rings. The zero-order valence-electron chi connectivity index (χ0n) is 11.5. The number of esters is 1. The molecule has 6 heteroatoms. The zero-order chi connectivity index (χ0) is 14.7. The van der Waals surface area contributed by atoms with Gasteiger partial charge in [-0.2, -0.15) is 0 Å². The van der Waals surface area contributed by atoms with Crippen LogP contribution in [0.3, 0.4) is 0 Å². The molecule has 0 fully saturated rings. The molecule has 0 bridgehead atoms. The lowest BCUT2D eigenvalue weighted by Crippen LogP contribution is -2.06. The van der Waals surface area contributed by atoms with Crippen LogP contribution in [0.15, 0.2) is 18.5 Å². The molecular formula is C14H14N2O3S. The lowest BCUT2D eigenvalue weighted by Gasteiger charge is -2.02. The Morgan fingerprint density at radius 2 is 2.15 bits per heavy atom. The fraction of sp³-hybridized carbons (Fsp3) is 0.286. The summed E-state index contributed by atoms with van der Waals surface area (Å²) in [6.45, 7) is 3.43. The van der Waals surface area contributed by atoms with Crippen molar-refractivity contribution in [3.63, 3.8) is 0 Å². The van der Waals surface area contributed by atoms with E-state index in [9.17, 15) is 9.59 Å². The number of ether oxygens (including phenoxy) is 1. The first kappa shape index (κ1) is 14.3. The first-order chi connectivity index (χ1) is 9.58. The summed E-state index contributed by atoms with van der Waals surface area (Å²) in [6.07, 6.45) is 4.23.